The summed E-state index contributed by atoms with van der Waals surface area (Å²) < 4.78 is 10.7. The van der Waals surface area contributed by atoms with Gasteiger partial charge in [-0.15, -0.1) is 0 Å². The monoisotopic (exact) mass is 419 g/mol. The van der Waals surface area contributed by atoms with Gasteiger partial charge in [0.25, 0.3) is 17.7 Å². The van der Waals surface area contributed by atoms with E-state index in [4.69, 9.17) is 9.26 Å². The Bertz CT molecular complexity index is 1140. The second-order valence-corrected chi connectivity index (χ2v) is 8.16. The van der Waals surface area contributed by atoms with Gasteiger partial charge in [-0.2, -0.15) is 4.98 Å². The van der Waals surface area contributed by atoms with Gasteiger partial charge in [0.2, 0.25) is 0 Å². The second-order valence-electron chi connectivity index (χ2n) is 8.16. The maximum atomic E-state index is 12.7. The van der Waals surface area contributed by atoms with Gasteiger partial charge >= 0.3 is 5.97 Å². The van der Waals surface area contributed by atoms with E-state index in [0.717, 1.165) is 4.90 Å². The van der Waals surface area contributed by atoms with E-state index in [2.05, 4.69) is 10.1 Å². The van der Waals surface area contributed by atoms with Gasteiger partial charge in [0.05, 0.1) is 28.8 Å². The van der Waals surface area contributed by atoms with Crippen LogP contribution in [0.2, 0.25) is 0 Å². The van der Waals surface area contributed by atoms with Crippen molar-refractivity contribution in [3.05, 3.63) is 71.0 Å². The molecular weight excluding hydrogens is 398 g/mol. The number of imide groups is 1. The lowest BCUT2D eigenvalue weighted by atomic mass is 9.96. The Kier molecular flexibility index (Phi) is 5.14. The molecule has 0 bridgehead atoms. The minimum Gasteiger partial charge on any atom is -0.460 e. The number of hydrogen-bond acceptors (Lipinski definition) is 7. The van der Waals surface area contributed by atoms with Crippen LogP contribution in [0.4, 0.5) is 0 Å². The van der Waals surface area contributed by atoms with E-state index in [1.807, 2.05) is 20.8 Å². The van der Waals surface area contributed by atoms with Gasteiger partial charge in [-0.25, -0.2) is 4.79 Å². The van der Waals surface area contributed by atoms with Gasteiger partial charge in [0.15, 0.2) is 5.82 Å². The summed E-state index contributed by atoms with van der Waals surface area (Å²) in [7, 11) is 0. The molecule has 0 saturated heterocycles. The largest absolute Gasteiger partial charge is 0.460 e. The predicted molar refractivity (Wildman–Crippen MR) is 111 cm³/mol. The molecule has 31 heavy (non-hydrogen) atoms. The normalized spacial score (nSPS) is 13.5. The van der Waals surface area contributed by atoms with Crippen LogP contribution in [0.25, 0.3) is 11.5 Å². The number of ether oxygens (including phenoxy) is 1. The molecule has 0 atom stereocenters. The Morgan fingerprint density at radius 3 is 2.13 bits per heavy atom. The first-order valence-corrected chi connectivity index (χ1v) is 9.83. The van der Waals surface area contributed by atoms with Crippen LogP contribution < -0.4 is 0 Å². The molecular formula is C23H21N3O5. The van der Waals surface area contributed by atoms with Gasteiger partial charge in [-0.3, -0.25) is 14.5 Å². The van der Waals surface area contributed by atoms with Crippen molar-refractivity contribution >= 4 is 17.8 Å². The van der Waals surface area contributed by atoms with E-state index in [1.54, 1.807) is 48.5 Å². The summed E-state index contributed by atoms with van der Waals surface area (Å²) in [5.74, 6) is -0.646. The molecule has 8 heteroatoms. The van der Waals surface area contributed by atoms with Crippen LogP contribution in [0.15, 0.2) is 53.1 Å². The molecule has 1 aliphatic rings. The quantitative estimate of drug-likeness (QED) is 0.461. The minimum absolute atomic E-state index is 0.0328. The number of esters is 1. The fraction of sp³-hybridized carbons (Fsp3) is 0.261. The molecule has 3 aromatic rings. The van der Waals surface area contributed by atoms with Crippen LogP contribution in [0, 0.1) is 0 Å². The molecule has 0 radical (unpaired) electrons. The summed E-state index contributed by atoms with van der Waals surface area (Å²) in [6.07, 6.45) is 0. The number of fused-ring (bicyclic) bond motifs is 1. The number of benzene rings is 2. The van der Waals surface area contributed by atoms with Crippen LogP contribution in [0.5, 0.6) is 0 Å². The third-order valence-electron chi connectivity index (χ3n) is 4.90. The lowest BCUT2D eigenvalue weighted by molar-refractivity contribution is 0.0421. The number of rotatable bonds is 5. The SMILES string of the molecule is CC(C)(C)c1noc(-c2ccccc2C(=O)OCCN2C(=O)c3ccccc3C2=O)n1. The first-order valence-electron chi connectivity index (χ1n) is 9.83. The smallest absolute Gasteiger partial charge is 0.339 e. The van der Waals surface area contributed by atoms with Crippen molar-refractivity contribution in [1.82, 2.24) is 15.0 Å². The van der Waals surface area contributed by atoms with E-state index >= 15 is 0 Å². The zero-order valence-corrected chi connectivity index (χ0v) is 17.4. The molecule has 2 amide bonds. The Labute approximate surface area is 178 Å². The maximum absolute atomic E-state index is 12.7. The van der Waals surface area contributed by atoms with E-state index in [1.165, 1.54) is 0 Å². The summed E-state index contributed by atoms with van der Waals surface area (Å²) in [4.78, 5) is 43.0. The third-order valence-corrected chi connectivity index (χ3v) is 4.90. The third kappa shape index (κ3) is 3.84. The Morgan fingerprint density at radius 2 is 1.55 bits per heavy atom. The van der Waals surface area contributed by atoms with Crippen molar-refractivity contribution in [2.75, 3.05) is 13.2 Å². The van der Waals surface area contributed by atoms with Gasteiger partial charge in [0.1, 0.15) is 6.61 Å². The first-order chi connectivity index (χ1) is 14.8. The van der Waals surface area contributed by atoms with Crippen molar-refractivity contribution < 1.29 is 23.6 Å². The predicted octanol–water partition coefficient (Wildman–Crippen LogP) is 3.49. The van der Waals surface area contributed by atoms with E-state index in [-0.39, 0.29) is 30.0 Å². The Hall–Kier alpha value is -3.81. The maximum Gasteiger partial charge on any atom is 0.339 e. The first kappa shape index (κ1) is 20.5. The topological polar surface area (TPSA) is 103 Å². The fourth-order valence-corrected chi connectivity index (χ4v) is 3.23. The molecule has 2 heterocycles. The highest BCUT2D eigenvalue weighted by Crippen LogP contribution is 2.27. The molecule has 0 fully saturated rings. The highest BCUT2D eigenvalue weighted by molar-refractivity contribution is 6.21. The Morgan fingerprint density at radius 1 is 0.968 bits per heavy atom. The molecule has 4 rings (SSSR count). The molecule has 0 aliphatic carbocycles. The lowest BCUT2D eigenvalue weighted by Crippen LogP contribution is -2.33. The molecule has 0 saturated carbocycles. The molecule has 0 spiro atoms. The van der Waals surface area contributed by atoms with Crippen molar-refractivity contribution in [2.24, 2.45) is 0 Å². The van der Waals surface area contributed by atoms with Crippen molar-refractivity contribution in [2.45, 2.75) is 26.2 Å². The van der Waals surface area contributed by atoms with Crippen LogP contribution >= 0.6 is 0 Å². The fourth-order valence-electron chi connectivity index (χ4n) is 3.23. The number of hydrogen-bond donors (Lipinski definition) is 0. The van der Waals surface area contributed by atoms with Gasteiger partial charge in [-0.05, 0) is 24.3 Å². The number of carbonyl (C=O) groups is 3. The van der Waals surface area contributed by atoms with Crippen molar-refractivity contribution in [3.8, 4) is 11.5 Å². The number of nitrogens with zero attached hydrogens (tertiary/aromatic N) is 3. The molecule has 0 unspecified atom stereocenters. The zero-order chi connectivity index (χ0) is 22.2. The second kappa shape index (κ2) is 7.79. The summed E-state index contributed by atoms with van der Waals surface area (Å²) in [6, 6.07) is 13.4. The van der Waals surface area contributed by atoms with Gasteiger partial charge in [-0.1, -0.05) is 50.2 Å². The van der Waals surface area contributed by atoms with E-state index in [9.17, 15) is 14.4 Å². The van der Waals surface area contributed by atoms with Crippen LogP contribution in [0.3, 0.4) is 0 Å². The summed E-state index contributed by atoms with van der Waals surface area (Å²) >= 11 is 0. The highest BCUT2D eigenvalue weighted by atomic mass is 16.5. The molecule has 1 aromatic heterocycles. The highest BCUT2D eigenvalue weighted by Gasteiger charge is 2.35. The van der Waals surface area contributed by atoms with E-state index < -0.39 is 17.8 Å². The number of carbonyl (C=O) groups excluding carboxylic acids is 3. The summed E-state index contributed by atoms with van der Waals surface area (Å²) in [5, 5.41) is 4.00. The Balaban J connectivity index is 1.45. The molecule has 0 N–H and O–H groups in total. The molecule has 158 valence electrons. The zero-order valence-electron chi connectivity index (χ0n) is 17.4. The van der Waals surface area contributed by atoms with Crippen molar-refractivity contribution in [3.63, 3.8) is 0 Å². The van der Waals surface area contributed by atoms with Gasteiger partial charge < -0.3 is 9.26 Å². The molecule has 2 aromatic carbocycles. The van der Waals surface area contributed by atoms with Crippen LogP contribution in [-0.4, -0.2) is 46.0 Å². The molecule has 1 aliphatic heterocycles. The van der Waals surface area contributed by atoms with Crippen LogP contribution in [-0.2, 0) is 10.2 Å². The van der Waals surface area contributed by atoms with E-state index in [0.29, 0.717) is 22.5 Å². The standard InChI is InChI=1S/C23H21N3O5/c1-23(2,3)22-24-18(31-25-22)14-8-4-7-11-17(14)21(29)30-13-12-26-19(27)15-9-5-6-10-16(15)20(26)28/h4-11H,12-13H2,1-3H3. The number of amides is 2. The van der Waals surface area contributed by atoms with Crippen LogP contribution in [0.1, 0.15) is 57.7 Å². The average molecular weight is 419 g/mol. The molecule has 8 nitrogen and oxygen atoms in total. The minimum atomic E-state index is -0.609. The number of aromatic nitrogens is 2. The lowest BCUT2D eigenvalue weighted by Gasteiger charge is -2.14. The van der Waals surface area contributed by atoms with Crippen molar-refractivity contribution in [1.29, 1.82) is 0 Å². The summed E-state index contributed by atoms with van der Waals surface area (Å²) in [6.45, 7) is 5.72. The summed E-state index contributed by atoms with van der Waals surface area (Å²) in [5.41, 5.74) is 1.12. The van der Waals surface area contributed by atoms with Gasteiger partial charge in [0, 0.05) is 5.41 Å². The average Bonchev–Trinajstić information content (AvgIpc) is 3.34.